The smallest absolute Gasteiger partial charge is 0.247 e. The Morgan fingerprint density at radius 2 is 1.41 bits per heavy atom. The molecule has 5 heteroatoms. The summed E-state index contributed by atoms with van der Waals surface area (Å²) in [5.41, 5.74) is 5.50. The van der Waals surface area contributed by atoms with Gasteiger partial charge < -0.3 is 4.98 Å². The van der Waals surface area contributed by atoms with Crippen molar-refractivity contribution in [2.75, 3.05) is 0 Å². The lowest BCUT2D eigenvalue weighted by atomic mass is 10.1. The van der Waals surface area contributed by atoms with Gasteiger partial charge in [0.05, 0.1) is 22.6 Å². The zero-order valence-electron chi connectivity index (χ0n) is 15.5. The molecule has 0 radical (unpaired) electrons. The minimum Gasteiger partial charge on any atom is -0.320 e. The van der Waals surface area contributed by atoms with E-state index in [2.05, 4.69) is 32.3 Å². The Bertz CT molecular complexity index is 1230. The molecule has 0 spiro atoms. The van der Waals surface area contributed by atoms with E-state index in [0.717, 1.165) is 39.1 Å². The SMILES string of the molecule is c1ccc(-c2nc(N=Nc3cccc4ncccc34)[nH]c2-c2ccccc2)cc1. The molecular weight excluding hydrogens is 358 g/mol. The van der Waals surface area contributed by atoms with Crippen molar-refractivity contribution in [1.29, 1.82) is 0 Å². The third kappa shape index (κ3) is 3.41. The molecule has 0 atom stereocenters. The Morgan fingerprint density at radius 3 is 2.21 bits per heavy atom. The van der Waals surface area contributed by atoms with Crippen molar-refractivity contribution in [3.05, 3.63) is 97.2 Å². The summed E-state index contributed by atoms with van der Waals surface area (Å²) in [4.78, 5) is 12.4. The van der Waals surface area contributed by atoms with E-state index in [1.807, 2.05) is 78.9 Å². The first-order valence-electron chi connectivity index (χ1n) is 9.35. The van der Waals surface area contributed by atoms with Gasteiger partial charge in [-0.15, -0.1) is 10.2 Å². The van der Waals surface area contributed by atoms with E-state index in [1.165, 1.54) is 0 Å². The van der Waals surface area contributed by atoms with Crippen LogP contribution in [-0.4, -0.2) is 15.0 Å². The molecule has 0 amide bonds. The van der Waals surface area contributed by atoms with Crippen molar-refractivity contribution in [3.8, 4) is 22.5 Å². The molecule has 0 saturated carbocycles. The standard InChI is InChI=1S/C24H17N5/c1-3-9-17(10-4-1)22-23(18-11-5-2-6-12-18)27-24(26-22)29-28-21-15-7-14-20-19(21)13-8-16-25-20/h1-16H,(H,26,27). The minimum absolute atomic E-state index is 0.462. The van der Waals surface area contributed by atoms with Gasteiger partial charge in [-0.1, -0.05) is 66.7 Å². The summed E-state index contributed by atoms with van der Waals surface area (Å²) in [5, 5.41) is 9.78. The number of azo groups is 1. The van der Waals surface area contributed by atoms with Crippen molar-refractivity contribution >= 4 is 22.5 Å². The highest BCUT2D eigenvalue weighted by molar-refractivity contribution is 5.89. The van der Waals surface area contributed by atoms with E-state index >= 15 is 0 Å². The topological polar surface area (TPSA) is 66.3 Å². The lowest BCUT2D eigenvalue weighted by Crippen LogP contribution is -1.82. The molecule has 0 aliphatic rings. The molecule has 2 heterocycles. The van der Waals surface area contributed by atoms with Gasteiger partial charge in [-0.25, -0.2) is 4.98 Å². The second kappa shape index (κ2) is 7.48. The number of nitrogens with zero attached hydrogens (tertiary/aromatic N) is 4. The maximum Gasteiger partial charge on any atom is 0.247 e. The fraction of sp³-hybridized carbons (Fsp3) is 0. The molecule has 1 N–H and O–H groups in total. The Morgan fingerprint density at radius 1 is 0.655 bits per heavy atom. The van der Waals surface area contributed by atoms with E-state index in [4.69, 9.17) is 4.98 Å². The summed E-state index contributed by atoms with van der Waals surface area (Å²) in [7, 11) is 0. The van der Waals surface area contributed by atoms with Gasteiger partial charge >= 0.3 is 0 Å². The number of H-pyrrole nitrogens is 1. The fourth-order valence-electron chi connectivity index (χ4n) is 3.30. The molecule has 0 bridgehead atoms. The third-order valence-corrected chi connectivity index (χ3v) is 4.68. The second-order valence-corrected chi connectivity index (χ2v) is 6.56. The predicted molar refractivity (Wildman–Crippen MR) is 115 cm³/mol. The summed E-state index contributed by atoms with van der Waals surface area (Å²) in [5.74, 6) is 0.462. The van der Waals surface area contributed by atoms with Crippen LogP contribution in [0.4, 0.5) is 11.6 Å². The maximum absolute atomic E-state index is 4.72. The maximum atomic E-state index is 4.72. The zero-order chi connectivity index (χ0) is 19.5. The summed E-state index contributed by atoms with van der Waals surface area (Å²) in [6.07, 6.45) is 1.77. The van der Waals surface area contributed by atoms with E-state index in [0.29, 0.717) is 5.95 Å². The number of hydrogen-bond acceptors (Lipinski definition) is 4. The first-order chi connectivity index (χ1) is 14.4. The largest absolute Gasteiger partial charge is 0.320 e. The van der Waals surface area contributed by atoms with Crippen LogP contribution in [0.3, 0.4) is 0 Å². The van der Waals surface area contributed by atoms with Crippen LogP contribution in [-0.2, 0) is 0 Å². The van der Waals surface area contributed by atoms with Crippen LogP contribution in [0, 0.1) is 0 Å². The third-order valence-electron chi connectivity index (χ3n) is 4.68. The fourth-order valence-corrected chi connectivity index (χ4v) is 3.30. The Labute approximate surface area is 167 Å². The molecule has 3 aromatic carbocycles. The molecule has 0 aliphatic carbocycles. The van der Waals surface area contributed by atoms with Crippen molar-refractivity contribution < 1.29 is 0 Å². The number of benzene rings is 3. The molecule has 0 unspecified atom stereocenters. The van der Waals surface area contributed by atoms with Gasteiger partial charge in [-0.05, 0) is 24.3 Å². The molecule has 0 saturated heterocycles. The van der Waals surface area contributed by atoms with Gasteiger partial charge in [0.1, 0.15) is 0 Å². The Kier molecular flexibility index (Phi) is 4.39. The quantitative estimate of drug-likeness (QED) is 0.355. The van der Waals surface area contributed by atoms with Gasteiger partial charge in [-0.2, -0.15) is 0 Å². The first-order valence-corrected chi connectivity index (χ1v) is 9.35. The van der Waals surface area contributed by atoms with Crippen LogP contribution in [0.15, 0.2) is 107 Å². The highest BCUT2D eigenvalue weighted by atomic mass is 15.2. The molecule has 0 fully saturated rings. The number of fused-ring (bicyclic) bond motifs is 1. The van der Waals surface area contributed by atoms with Gasteiger partial charge in [0.2, 0.25) is 5.95 Å². The molecule has 5 nitrogen and oxygen atoms in total. The van der Waals surface area contributed by atoms with Crippen molar-refractivity contribution in [2.45, 2.75) is 0 Å². The van der Waals surface area contributed by atoms with Crippen molar-refractivity contribution in [3.63, 3.8) is 0 Å². The minimum atomic E-state index is 0.462. The number of rotatable bonds is 4. The lowest BCUT2D eigenvalue weighted by molar-refractivity contribution is 1.13. The molecule has 2 aromatic heterocycles. The van der Waals surface area contributed by atoms with Crippen LogP contribution in [0.5, 0.6) is 0 Å². The second-order valence-electron chi connectivity index (χ2n) is 6.56. The molecule has 5 aromatic rings. The van der Waals surface area contributed by atoms with E-state index in [1.54, 1.807) is 6.20 Å². The van der Waals surface area contributed by atoms with Gasteiger partial charge in [-0.3, -0.25) is 4.98 Å². The highest BCUT2D eigenvalue weighted by Crippen LogP contribution is 2.33. The molecule has 5 rings (SSSR count). The summed E-state index contributed by atoms with van der Waals surface area (Å²) < 4.78 is 0. The predicted octanol–water partition coefficient (Wildman–Crippen LogP) is 6.71. The number of nitrogens with one attached hydrogen (secondary N) is 1. The number of imidazole rings is 1. The van der Waals surface area contributed by atoms with Crippen molar-refractivity contribution in [1.82, 2.24) is 15.0 Å². The average molecular weight is 375 g/mol. The molecule has 138 valence electrons. The van der Waals surface area contributed by atoms with Crippen LogP contribution in [0.25, 0.3) is 33.4 Å². The van der Waals surface area contributed by atoms with E-state index in [9.17, 15) is 0 Å². The number of aromatic nitrogens is 3. The Balaban J connectivity index is 1.59. The van der Waals surface area contributed by atoms with Crippen LogP contribution >= 0.6 is 0 Å². The van der Waals surface area contributed by atoms with Crippen LogP contribution < -0.4 is 0 Å². The summed E-state index contributed by atoms with van der Waals surface area (Å²) >= 11 is 0. The van der Waals surface area contributed by atoms with Crippen LogP contribution in [0.1, 0.15) is 0 Å². The average Bonchev–Trinajstić information content (AvgIpc) is 3.23. The van der Waals surface area contributed by atoms with Gasteiger partial charge in [0.15, 0.2) is 0 Å². The normalized spacial score (nSPS) is 11.3. The highest BCUT2D eigenvalue weighted by Gasteiger charge is 2.13. The lowest BCUT2D eigenvalue weighted by Gasteiger charge is -2.02. The molecular formula is C24H17N5. The number of aromatic amines is 1. The van der Waals surface area contributed by atoms with E-state index < -0.39 is 0 Å². The van der Waals surface area contributed by atoms with Crippen molar-refractivity contribution in [2.24, 2.45) is 10.2 Å². The molecule has 29 heavy (non-hydrogen) atoms. The zero-order valence-corrected chi connectivity index (χ0v) is 15.5. The number of hydrogen-bond donors (Lipinski definition) is 1. The first kappa shape index (κ1) is 17.0. The van der Waals surface area contributed by atoms with Gasteiger partial charge in [0.25, 0.3) is 0 Å². The molecule has 0 aliphatic heterocycles. The monoisotopic (exact) mass is 375 g/mol. The summed E-state index contributed by atoms with van der Waals surface area (Å²) in [6, 6.07) is 29.9. The van der Waals surface area contributed by atoms with Crippen LogP contribution in [0.2, 0.25) is 0 Å². The van der Waals surface area contributed by atoms with E-state index in [-0.39, 0.29) is 0 Å². The van der Waals surface area contributed by atoms with Gasteiger partial charge in [0, 0.05) is 22.7 Å². The number of pyridine rings is 1. The Hall–Kier alpha value is -4.12. The summed E-state index contributed by atoms with van der Waals surface area (Å²) in [6.45, 7) is 0.